The Labute approximate surface area is 176 Å². The lowest BCUT2D eigenvalue weighted by atomic mass is 9.64. The first-order chi connectivity index (χ1) is 14.4. The standard InChI is InChI=1S/C21H22N6O2S/c1-11-4-15-17(30-12(2)23-15)5-14(11)24-19-22-8-16-18(25-19)27(20(28)26(16)3)13-6-21(7-13)9-29-10-21/h4-5,8,13H,6-7,9-10H2,1-3H3,(H,22,24,25). The van der Waals surface area contributed by atoms with Gasteiger partial charge in [-0.2, -0.15) is 4.98 Å². The lowest BCUT2D eigenvalue weighted by molar-refractivity contribution is -0.174. The van der Waals surface area contributed by atoms with Crippen LogP contribution < -0.4 is 11.0 Å². The molecule has 4 heterocycles. The largest absolute Gasteiger partial charge is 0.380 e. The van der Waals surface area contributed by atoms with Crippen molar-refractivity contribution in [1.82, 2.24) is 24.1 Å². The topological polar surface area (TPSA) is 86.9 Å². The minimum atomic E-state index is -0.0331. The van der Waals surface area contributed by atoms with Gasteiger partial charge in [-0.1, -0.05) is 0 Å². The van der Waals surface area contributed by atoms with Gasteiger partial charge in [0, 0.05) is 24.2 Å². The quantitative estimate of drug-likeness (QED) is 0.544. The Hall–Kier alpha value is -2.78. The highest BCUT2D eigenvalue weighted by Crippen LogP contribution is 2.53. The zero-order valence-corrected chi connectivity index (χ0v) is 17.9. The molecule has 1 saturated heterocycles. The van der Waals surface area contributed by atoms with E-state index in [0.29, 0.717) is 11.6 Å². The fourth-order valence-corrected chi connectivity index (χ4v) is 5.57. The number of fused-ring (bicyclic) bond motifs is 2. The number of nitrogens with one attached hydrogen (secondary N) is 1. The van der Waals surface area contributed by atoms with Crippen LogP contribution in [0.15, 0.2) is 23.1 Å². The molecule has 1 aliphatic heterocycles. The van der Waals surface area contributed by atoms with Crippen LogP contribution in [0.2, 0.25) is 0 Å². The number of aromatic nitrogens is 5. The molecule has 1 aromatic carbocycles. The highest BCUT2D eigenvalue weighted by molar-refractivity contribution is 7.18. The Morgan fingerprint density at radius 2 is 2.03 bits per heavy atom. The summed E-state index contributed by atoms with van der Waals surface area (Å²) < 4.78 is 9.99. The van der Waals surface area contributed by atoms with E-state index in [2.05, 4.69) is 27.4 Å². The summed E-state index contributed by atoms with van der Waals surface area (Å²) in [5.41, 5.74) is 4.72. The zero-order valence-electron chi connectivity index (χ0n) is 17.1. The summed E-state index contributed by atoms with van der Waals surface area (Å²) in [7, 11) is 1.78. The number of imidazole rings is 1. The van der Waals surface area contributed by atoms with Crippen LogP contribution in [0, 0.1) is 19.3 Å². The average Bonchev–Trinajstić information content (AvgIpc) is 3.11. The molecule has 1 N–H and O–H groups in total. The van der Waals surface area contributed by atoms with Crippen LogP contribution in [0.5, 0.6) is 0 Å². The van der Waals surface area contributed by atoms with E-state index in [1.807, 2.05) is 18.4 Å². The number of anilines is 2. The highest BCUT2D eigenvalue weighted by Gasteiger charge is 2.51. The third kappa shape index (κ3) is 2.55. The van der Waals surface area contributed by atoms with Crippen LogP contribution >= 0.6 is 11.3 Å². The normalized spacial score (nSPS) is 18.1. The second-order valence-corrected chi connectivity index (χ2v) is 9.90. The smallest absolute Gasteiger partial charge is 0.330 e. The van der Waals surface area contributed by atoms with Crippen molar-refractivity contribution in [2.24, 2.45) is 12.5 Å². The van der Waals surface area contributed by atoms with Crippen LogP contribution in [-0.2, 0) is 11.8 Å². The predicted octanol–water partition coefficient (Wildman–Crippen LogP) is 3.45. The number of hydrogen-bond donors (Lipinski definition) is 1. The molecular weight excluding hydrogens is 400 g/mol. The van der Waals surface area contributed by atoms with Crippen molar-refractivity contribution < 1.29 is 4.74 Å². The summed E-state index contributed by atoms with van der Waals surface area (Å²) >= 11 is 1.67. The number of ether oxygens (including phenoxy) is 1. The van der Waals surface area contributed by atoms with E-state index >= 15 is 0 Å². The van der Waals surface area contributed by atoms with Gasteiger partial charge in [0.2, 0.25) is 5.95 Å². The van der Waals surface area contributed by atoms with Crippen molar-refractivity contribution in [3.8, 4) is 0 Å². The third-order valence-electron chi connectivity index (χ3n) is 6.44. The van der Waals surface area contributed by atoms with Gasteiger partial charge in [0.25, 0.3) is 0 Å². The summed E-state index contributed by atoms with van der Waals surface area (Å²) in [6, 6.07) is 4.34. The highest BCUT2D eigenvalue weighted by atomic mass is 32.1. The zero-order chi connectivity index (χ0) is 20.6. The van der Waals surface area contributed by atoms with Gasteiger partial charge in [-0.3, -0.25) is 9.13 Å². The van der Waals surface area contributed by atoms with Gasteiger partial charge in [0.1, 0.15) is 5.52 Å². The Balaban J connectivity index is 1.39. The molecule has 154 valence electrons. The van der Waals surface area contributed by atoms with Gasteiger partial charge in [-0.05, 0) is 44.4 Å². The van der Waals surface area contributed by atoms with E-state index in [4.69, 9.17) is 9.72 Å². The molecule has 0 amide bonds. The van der Waals surface area contributed by atoms with Crippen LogP contribution in [0.1, 0.15) is 29.5 Å². The monoisotopic (exact) mass is 422 g/mol. The molecule has 0 radical (unpaired) electrons. The first-order valence-electron chi connectivity index (χ1n) is 10.1. The van der Waals surface area contributed by atoms with E-state index in [1.165, 1.54) is 0 Å². The number of aryl methyl sites for hydroxylation is 3. The summed E-state index contributed by atoms with van der Waals surface area (Å²) in [5.74, 6) is 0.492. The van der Waals surface area contributed by atoms with Crippen molar-refractivity contribution in [3.05, 3.63) is 39.4 Å². The summed E-state index contributed by atoms with van der Waals surface area (Å²) in [5, 5.41) is 4.39. The lowest BCUT2D eigenvalue weighted by Gasteiger charge is -2.53. The summed E-state index contributed by atoms with van der Waals surface area (Å²) in [6.07, 6.45) is 3.67. The van der Waals surface area contributed by atoms with Crippen molar-refractivity contribution >= 4 is 44.4 Å². The summed E-state index contributed by atoms with van der Waals surface area (Å²) in [6.45, 7) is 5.67. The number of hydrogen-bond acceptors (Lipinski definition) is 7. The molecule has 8 nitrogen and oxygen atoms in total. The van der Waals surface area contributed by atoms with Crippen molar-refractivity contribution in [3.63, 3.8) is 0 Å². The fraction of sp³-hybridized carbons (Fsp3) is 0.429. The van der Waals surface area contributed by atoms with Crippen molar-refractivity contribution in [1.29, 1.82) is 0 Å². The number of nitrogens with zero attached hydrogens (tertiary/aromatic N) is 5. The molecule has 1 spiro atoms. The second-order valence-electron chi connectivity index (χ2n) is 8.66. The Morgan fingerprint density at radius 1 is 1.23 bits per heavy atom. The van der Waals surface area contributed by atoms with Gasteiger partial charge in [-0.15, -0.1) is 11.3 Å². The first-order valence-corrected chi connectivity index (χ1v) is 10.9. The van der Waals surface area contributed by atoms with E-state index in [0.717, 1.165) is 58.0 Å². The lowest BCUT2D eigenvalue weighted by Crippen LogP contribution is -2.53. The molecule has 1 aliphatic carbocycles. The maximum atomic E-state index is 12.9. The SMILES string of the molecule is Cc1nc2cc(C)c(Nc3ncc4c(n3)n(C3CC5(COC5)C3)c(=O)n4C)cc2s1. The van der Waals surface area contributed by atoms with Crippen LogP contribution in [0.25, 0.3) is 21.4 Å². The minimum absolute atomic E-state index is 0.0331. The van der Waals surface area contributed by atoms with E-state index in [-0.39, 0.29) is 17.1 Å². The predicted molar refractivity (Wildman–Crippen MR) is 117 cm³/mol. The fourth-order valence-electron chi connectivity index (χ4n) is 4.72. The average molecular weight is 423 g/mol. The maximum absolute atomic E-state index is 12.9. The van der Waals surface area contributed by atoms with Gasteiger partial charge in [-0.25, -0.2) is 14.8 Å². The maximum Gasteiger partial charge on any atom is 0.330 e. The third-order valence-corrected chi connectivity index (χ3v) is 7.37. The molecular formula is C21H22N6O2S. The van der Waals surface area contributed by atoms with Crippen LogP contribution in [0.3, 0.4) is 0 Å². The molecule has 4 aromatic rings. The molecule has 0 bridgehead atoms. The van der Waals surface area contributed by atoms with Gasteiger partial charge in [0.15, 0.2) is 5.65 Å². The van der Waals surface area contributed by atoms with Gasteiger partial charge >= 0.3 is 5.69 Å². The van der Waals surface area contributed by atoms with Crippen LogP contribution in [-0.4, -0.2) is 37.3 Å². The molecule has 0 atom stereocenters. The molecule has 2 fully saturated rings. The molecule has 30 heavy (non-hydrogen) atoms. The van der Waals surface area contributed by atoms with E-state index < -0.39 is 0 Å². The number of benzene rings is 1. The second kappa shape index (κ2) is 6.12. The Bertz CT molecular complexity index is 1370. The molecule has 9 heteroatoms. The van der Waals surface area contributed by atoms with Gasteiger partial charge in [0.05, 0.1) is 34.6 Å². The van der Waals surface area contributed by atoms with Crippen molar-refractivity contribution in [2.75, 3.05) is 18.5 Å². The Morgan fingerprint density at radius 3 is 2.77 bits per heavy atom. The van der Waals surface area contributed by atoms with Crippen LogP contribution in [0.4, 0.5) is 11.6 Å². The van der Waals surface area contributed by atoms with E-state index in [1.54, 1.807) is 29.1 Å². The molecule has 1 saturated carbocycles. The summed E-state index contributed by atoms with van der Waals surface area (Å²) in [4.78, 5) is 26.7. The number of rotatable bonds is 3. The molecule has 3 aromatic heterocycles. The van der Waals surface area contributed by atoms with E-state index in [9.17, 15) is 4.79 Å². The minimum Gasteiger partial charge on any atom is -0.380 e. The number of thiazole rings is 1. The molecule has 6 rings (SSSR count). The Kier molecular flexibility index (Phi) is 3.67. The molecule has 0 unspecified atom stereocenters. The molecule has 2 aliphatic rings. The first kappa shape index (κ1) is 18.0. The van der Waals surface area contributed by atoms with Gasteiger partial charge < -0.3 is 10.1 Å². The van der Waals surface area contributed by atoms with Crippen molar-refractivity contribution in [2.45, 2.75) is 32.7 Å².